The standard InChI is InChI=1S/C15H15N5O/c21-14(18-10-11-4-1-2-8-16-11)7-6-13-19-12-5-3-9-17-15(12)20-13/h1-5,8-9H,6-7,10H2,(H,18,21)(H,17,19,20). The Morgan fingerprint density at radius 1 is 1.14 bits per heavy atom. The number of nitrogens with one attached hydrogen (secondary N) is 2. The number of carbonyl (C=O) groups excluding carboxylic acids is 1. The van der Waals surface area contributed by atoms with Crippen molar-refractivity contribution in [2.24, 2.45) is 0 Å². The summed E-state index contributed by atoms with van der Waals surface area (Å²) in [5, 5.41) is 2.84. The number of imidazole rings is 1. The van der Waals surface area contributed by atoms with E-state index in [0.29, 0.717) is 25.0 Å². The second-order valence-electron chi connectivity index (χ2n) is 4.66. The Bertz CT molecular complexity index is 705. The van der Waals surface area contributed by atoms with Crippen LogP contribution in [0.5, 0.6) is 0 Å². The summed E-state index contributed by atoms with van der Waals surface area (Å²) in [5.74, 6) is 0.755. The number of nitrogens with zero attached hydrogens (tertiary/aromatic N) is 3. The molecule has 6 heteroatoms. The molecule has 0 aliphatic heterocycles. The molecule has 0 saturated carbocycles. The Morgan fingerprint density at radius 2 is 2.05 bits per heavy atom. The molecule has 3 aromatic heterocycles. The van der Waals surface area contributed by atoms with E-state index in [0.717, 1.165) is 17.0 Å². The van der Waals surface area contributed by atoms with Crippen LogP contribution in [0.3, 0.4) is 0 Å². The van der Waals surface area contributed by atoms with Crippen LogP contribution in [-0.2, 0) is 17.8 Å². The maximum absolute atomic E-state index is 11.8. The van der Waals surface area contributed by atoms with Gasteiger partial charge in [-0.05, 0) is 24.3 Å². The van der Waals surface area contributed by atoms with E-state index in [-0.39, 0.29) is 5.91 Å². The minimum Gasteiger partial charge on any atom is -0.350 e. The molecule has 106 valence electrons. The molecule has 0 fully saturated rings. The Labute approximate surface area is 121 Å². The second kappa shape index (κ2) is 6.13. The second-order valence-corrected chi connectivity index (χ2v) is 4.66. The first kappa shape index (κ1) is 13.2. The van der Waals surface area contributed by atoms with Crippen molar-refractivity contribution in [1.29, 1.82) is 0 Å². The van der Waals surface area contributed by atoms with Gasteiger partial charge in [0.05, 0.1) is 17.8 Å². The number of aromatic nitrogens is 4. The average Bonchev–Trinajstić information content (AvgIpc) is 2.95. The number of hydrogen-bond acceptors (Lipinski definition) is 4. The Morgan fingerprint density at radius 3 is 2.86 bits per heavy atom. The lowest BCUT2D eigenvalue weighted by Gasteiger charge is -2.03. The third-order valence-corrected chi connectivity index (χ3v) is 3.09. The summed E-state index contributed by atoms with van der Waals surface area (Å²) in [6, 6.07) is 9.39. The zero-order valence-corrected chi connectivity index (χ0v) is 11.4. The lowest BCUT2D eigenvalue weighted by Crippen LogP contribution is -2.23. The Balaban J connectivity index is 1.51. The first-order chi connectivity index (χ1) is 10.3. The van der Waals surface area contributed by atoms with Crippen molar-refractivity contribution in [2.45, 2.75) is 19.4 Å². The van der Waals surface area contributed by atoms with Crippen molar-refractivity contribution in [2.75, 3.05) is 0 Å². The maximum atomic E-state index is 11.8. The smallest absolute Gasteiger partial charge is 0.220 e. The molecule has 0 aliphatic carbocycles. The van der Waals surface area contributed by atoms with E-state index in [2.05, 4.69) is 25.3 Å². The molecular weight excluding hydrogens is 266 g/mol. The summed E-state index contributed by atoms with van der Waals surface area (Å²) in [7, 11) is 0. The van der Waals surface area contributed by atoms with Crippen molar-refractivity contribution in [3.8, 4) is 0 Å². The molecule has 3 rings (SSSR count). The monoisotopic (exact) mass is 281 g/mol. The van der Waals surface area contributed by atoms with Gasteiger partial charge >= 0.3 is 0 Å². The van der Waals surface area contributed by atoms with Gasteiger partial charge in [0.25, 0.3) is 0 Å². The van der Waals surface area contributed by atoms with Gasteiger partial charge in [0.1, 0.15) is 5.82 Å². The number of aromatic amines is 1. The van der Waals surface area contributed by atoms with Crippen LogP contribution in [0.2, 0.25) is 0 Å². The third-order valence-electron chi connectivity index (χ3n) is 3.09. The lowest BCUT2D eigenvalue weighted by atomic mass is 10.2. The Kier molecular flexibility index (Phi) is 3.86. The minimum atomic E-state index is -0.0194. The average molecular weight is 281 g/mol. The fraction of sp³-hybridized carbons (Fsp3) is 0.200. The molecule has 3 aromatic rings. The van der Waals surface area contributed by atoms with Crippen LogP contribution in [0.1, 0.15) is 17.9 Å². The molecule has 0 spiro atoms. The summed E-state index contributed by atoms with van der Waals surface area (Å²) in [6.45, 7) is 0.446. The molecule has 6 nitrogen and oxygen atoms in total. The van der Waals surface area contributed by atoms with Crippen LogP contribution in [-0.4, -0.2) is 25.8 Å². The molecule has 0 aromatic carbocycles. The quantitative estimate of drug-likeness (QED) is 0.744. The first-order valence-electron chi connectivity index (χ1n) is 6.77. The SMILES string of the molecule is O=C(CCc1nc2ncccc2[nH]1)NCc1ccccn1. The molecule has 21 heavy (non-hydrogen) atoms. The number of fused-ring (bicyclic) bond motifs is 1. The van der Waals surface area contributed by atoms with Crippen molar-refractivity contribution in [1.82, 2.24) is 25.3 Å². The summed E-state index contributed by atoms with van der Waals surface area (Å²) in [5.41, 5.74) is 2.42. The van der Waals surface area contributed by atoms with Crippen LogP contribution in [0.4, 0.5) is 0 Å². The van der Waals surface area contributed by atoms with Crippen LogP contribution < -0.4 is 5.32 Å². The molecule has 2 N–H and O–H groups in total. The predicted molar refractivity (Wildman–Crippen MR) is 78.3 cm³/mol. The van der Waals surface area contributed by atoms with Crippen LogP contribution >= 0.6 is 0 Å². The predicted octanol–water partition coefficient (Wildman–Crippen LogP) is 1.60. The zero-order chi connectivity index (χ0) is 14.5. The van der Waals surface area contributed by atoms with Gasteiger partial charge in [0.2, 0.25) is 5.91 Å². The van der Waals surface area contributed by atoms with E-state index in [1.807, 2.05) is 30.3 Å². The molecule has 3 heterocycles. The first-order valence-corrected chi connectivity index (χ1v) is 6.77. The number of hydrogen-bond donors (Lipinski definition) is 2. The number of rotatable bonds is 5. The van der Waals surface area contributed by atoms with Crippen molar-refractivity contribution < 1.29 is 4.79 Å². The van der Waals surface area contributed by atoms with Crippen LogP contribution in [0.25, 0.3) is 11.2 Å². The number of pyridine rings is 2. The molecule has 0 atom stereocenters. The van der Waals surface area contributed by atoms with Gasteiger partial charge in [-0.3, -0.25) is 9.78 Å². The van der Waals surface area contributed by atoms with Crippen molar-refractivity contribution in [3.63, 3.8) is 0 Å². The normalized spacial score (nSPS) is 10.7. The highest BCUT2D eigenvalue weighted by atomic mass is 16.1. The summed E-state index contributed by atoms with van der Waals surface area (Å²) < 4.78 is 0. The van der Waals surface area contributed by atoms with Gasteiger partial charge in [0, 0.05) is 25.2 Å². The molecule has 0 bridgehead atoms. The molecule has 0 unspecified atom stereocenters. The maximum Gasteiger partial charge on any atom is 0.220 e. The molecule has 0 radical (unpaired) electrons. The highest BCUT2D eigenvalue weighted by Gasteiger charge is 2.06. The molecule has 0 saturated heterocycles. The van der Waals surface area contributed by atoms with Crippen LogP contribution in [0.15, 0.2) is 42.7 Å². The van der Waals surface area contributed by atoms with E-state index in [1.54, 1.807) is 12.4 Å². The van der Waals surface area contributed by atoms with Gasteiger partial charge in [-0.2, -0.15) is 0 Å². The molecule has 1 amide bonds. The topological polar surface area (TPSA) is 83.6 Å². The number of carbonyl (C=O) groups is 1. The summed E-state index contributed by atoms with van der Waals surface area (Å²) >= 11 is 0. The Hall–Kier alpha value is -2.76. The highest BCUT2D eigenvalue weighted by Crippen LogP contribution is 2.08. The number of H-pyrrole nitrogens is 1. The molecule has 0 aliphatic rings. The molecular formula is C15H15N5O. The van der Waals surface area contributed by atoms with Gasteiger partial charge in [-0.25, -0.2) is 9.97 Å². The van der Waals surface area contributed by atoms with E-state index in [9.17, 15) is 4.79 Å². The van der Waals surface area contributed by atoms with E-state index >= 15 is 0 Å². The van der Waals surface area contributed by atoms with E-state index in [4.69, 9.17) is 0 Å². The third kappa shape index (κ3) is 3.42. The van der Waals surface area contributed by atoms with E-state index in [1.165, 1.54) is 0 Å². The van der Waals surface area contributed by atoms with Gasteiger partial charge in [-0.15, -0.1) is 0 Å². The van der Waals surface area contributed by atoms with Gasteiger partial charge in [0.15, 0.2) is 5.65 Å². The zero-order valence-electron chi connectivity index (χ0n) is 11.4. The largest absolute Gasteiger partial charge is 0.350 e. The summed E-state index contributed by atoms with van der Waals surface area (Å²) in [4.78, 5) is 27.6. The fourth-order valence-electron chi connectivity index (χ4n) is 2.03. The van der Waals surface area contributed by atoms with Crippen molar-refractivity contribution >= 4 is 17.1 Å². The highest BCUT2D eigenvalue weighted by molar-refractivity contribution is 5.76. The summed E-state index contributed by atoms with van der Waals surface area (Å²) in [6.07, 6.45) is 4.35. The van der Waals surface area contributed by atoms with Gasteiger partial charge in [-0.1, -0.05) is 6.07 Å². The lowest BCUT2D eigenvalue weighted by molar-refractivity contribution is -0.121. The van der Waals surface area contributed by atoms with Gasteiger partial charge < -0.3 is 10.3 Å². The van der Waals surface area contributed by atoms with Crippen molar-refractivity contribution in [3.05, 3.63) is 54.2 Å². The van der Waals surface area contributed by atoms with E-state index < -0.39 is 0 Å². The number of aryl methyl sites for hydroxylation is 1. The number of amides is 1. The fourth-order valence-corrected chi connectivity index (χ4v) is 2.03. The van der Waals surface area contributed by atoms with Crippen LogP contribution in [0, 0.1) is 0 Å². The minimum absolute atomic E-state index is 0.0194.